The maximum Gasteiger partial charge on any atom is 0.253 e. The van der Waals surface area contributed by atoms with Crippen LogP contribution in [0.3, 0.4) is 0 Å². The van der Waals surface area contributed by atoms with Crippen molar-refractivity contribution < 1.29 is 18.7 Å². The summed E-state index contributed by atoms with van der Waals surface area (Å²) in [6.45, 7) is 7.01. The summed E-state index contributed by atoms with van der Waals surface area (Å²) < 4.78 is 24.3. The fourth-order valence-corrected chi connectivity index (χ4v) is 3.88. The van der Waals surface area contributed by atoms with Crippen LogP contribution in [0.5, 0.6) is 5.75 Å². The molecule has 172 valence electrons. The van der Waals surface area contributed by atoms with Gasteiger partial charge >= 0.3 is 0 Å². The van der Waals surface area contributed by atoms with Gasteiger partial charge in [-0.2, -0.15) is 0 Å². The molecule has 1 fully saturated rings. The predicted molar refractivity (Wildman–Crippen MR) is 128 cm³/mol. The Balaban J connectivity index is 1.64. The molecule has 1 aliphatic heterocycles. The molecule has 0 saturated carbocycles. The third-order valence-corrected chi connectivity index (χ3v) is 5.52. The summed E-state index contributed by atoms with van der Waals surface area (Å²) in [6.07, 6.45) is -0.169. The molecule has 1 atom stereocenters. The van der Waals surface area contributed by atoms with E-state index in [4.69, 9.17) is 21.7 Å². The first kappa shape index (κ1) is 23.9. The van der Waals surface area contributed by atoms with Crippen LogP contribution in [0, 0.1) is 11.7 Å². The molecule has 1 N–H and O–H groups in total. The molecule has 0 spiro atoms. The zero-order valence-electron chi connectivity index (χ0n) is 18.7. The van der Waals surface area contributed by atoms with Gasteiger partial charge in [-0.25, -0.2) is 4.39 Å². The average Bonchev–Trinajstić information content (AvgIpc) is 2.79. The number of methoxy groups -OCH3 is 1. The molecule has 3 rings (SSSR count). The van der Waals surface area contributed by atoms with Crippen LogP contribution in [0.1, 0.15) is 24.2 Å². The summed E-state index contributed by atoms with van der Waals surface area (Å²) in [5.41, 5.74) is 1.35. The highest BCUT2D eigenvalue weighted by atomic mass is 32.1. The number of hydrogen-bond donors (Lipinski definition) is 1. The van der Waals surface area contributed by atoms with Gasteiger partial charge in [0.1, 0.15) is 11.6 Å². The molecule has 0 bridgehead atoms. The molecule has 1 unspecified atom stereocenters. The molecule has 0 aliphatic carbocycles. The van der Waals surface area contributed by atoms with Gasteiger partial charge in [0.25, 0.3) is 5.91 Å². The van der Waals surface area contributed by atoms with Crippen LogP contribution in [0.25, 0.3) is 0 Å². The number of anilines is 1. The molecular weight excluding hydrogens is 429 g/mol. The number of carbonyl (C=O) groups is 1. The number of nitrogens with zero attached hydrogens (tertiary/aromatic N) is 2. The van der Waals surface area contributed by atoms with E-state index in [1.165, 1.54) is 12.1 Å². The third-order valence-electron chi connectivity index (χ3n) is 5.16. The number of carbonyl (C=O) groups excluding carboxylic acids is 1. The van der Waals surface area contributed by atoms with Gasteiger partial charge in [-0.05, 0) is 66.7 Å². The van der Waals surface area contributed by atoms with Crippen LogP contribution in [-0.4, -0.2) is 66.8 Å². The lowest BCUT2D eigenvalue weighted by Gasteiger charge is -2.37. The Labute approximate surface area is 194 Å². The topological polar surface area (TPSA) is 54.0 Å². The summed E-state index contributed by atoms with van der Waals surface area (Å²) in [6, 6.07) is 13.2. The van der Waals surface area contributed by atoms with Gasteiger partial charge in [0.05, 0.1) is 19.8 Å². The van der Waals surface area contributed by atoms with Crippen molar-refractivity contribution in [1.29, 1.82) is 0 Å². The van der Waals surface area contributed by atoms with E-state index >= 15 is 0 Å². The van der Waals surface area contributed by atoms with Crippen LogP contribution in [-0.2, 0) is 4.74 Å². The minimum absolute atomic E-state index is 0.0332. The second kappa shape index (κ2) is 11.2. The number of morpholine rings is 1. The van der Waals surface area contributed by atoms with Crippen molar-refractivity contribution in [2.75, 3.05) is 45.2 Å². The highest BCUT2D eigenvalue weighted by Crippen LogP contribution is 2.17. The molecule has 8 heteroatoms. The van der Waals surface area contributed by atoms with Crippen LogP contribution in [0.4, 0.5) is 10.1 Å². The van der Waals surface area contributed by atoms with Crippen molar-refractivity contribution in [1.82, 2.24) is 9.80 Å². The Hall–Kier alpha value is -2.71. The van der Waals surface area contributed by atoms with E-state index in [1.54, 1.807) is 43.5 Å². The van der Waals surface area contributed by atoms with Crippen LogP contribution < -0.4 is 10.1 Å². The van der Waals surface area contributed by atoms with Crippen LogP contribution in [0.15, 0.2) is 48.5 Å². The second-order valence-electron chi connectivity index (χ2n) is 8.21. The van der Waals surface area contributed by atoms with E-state index in [2.05, 4.69) is 19.2 Å². The molecule has 0 aromatic heterocycles. The number of ether oxygens (including phenoxy) is 2. The second-order valence-corrected chi connectivity index (χ2v) is 8.60. The van der Waals surface area contributed by atoms with E-state index in [0.29, 0.717) is 55.1 Å². The Bertz CT molecular complexity index is 906. The fourth-order valence-electron chi connectivity index (χ4n) is 3.59. The standard InChI is InChI=1S/C24H30FN3O3S/c1-17(2)14-28(23(29)18-4-10-21(30-3)11-5-18)16-22-15-27(12-13-31-22)24(32)26-20-8-6-19(25)7-9-20/h4-11,17,22H,12-16H2,1-3H3,(H,26,32). The number of thiocarbonyl (C=S) groups is 1. The number of rotatable bonds is 7. The van der Waals surface area contributed by atoms with Gasteiger partial charge in [0, 0.05) is 37.4 Å². The lowest BCUT2D eigenvalue weighted by molar-refractivity contribution is -0.0215. The van der Waals surface area contributed by atoms with Crippen LogP contribution in [0.2, 0.25) is 0 Å². The molecule has 1 aliphatic rings. The van der Waals surface area contributed by atoms with Crippen molar-refractivity contribution in [2.24, 2.45) is 5.92 Å². The van der Waals surface area contributed by atoms with Crippen molar-refractivity contribution >= 4 is 28.9 Å². The molecule has 2 aromatic rings. The SMILES string of the molecule is COc1ccc(C(=O)N(CC(C)C)CC2CN(C(=S)Nc3ccc(F)cc3)CCO2)cc1. The Morgan fingerprint density at radius 2 is 1.94 bits per heavy atom. The molecular formula is C24H30FN3O3S. The van der Waals surface area contributed by atoms with Crippen LogP contribution >= 0.6 is 12.2 Å². The number of nitrogens with one attached hydrogen (secondary N) is 1. The Kier molecular flexibility index (Phi) is 8.41. The minimum Gasteiger partial charge on any atom is -0.497 e. The summed E-state index contributed by atoms with van der Waals surface area (Å²) in [4.78, 5) is 17.1. The number of hydrogen-bond acceptors (Lipinski definition) is 4. The summed E-state index contributed by atoms with van der Waals surface area (Å²) in [5, 5.41) is 3.70. The van der Waals surface area contributed by atoms with E-state index in [-0.39, 0.29) is 17.8 Å². The zero-order valence-corrected chi connectivity index (χ0v) is 19.5. The van der Waals surface area contributed by atoms with Gasteiger partial charge in [-0.15, -0.1) is 0 Å². The van der Waals surface area contributed by atoms with E-state index < -0.39 is 0 Å². The quantitative estimate of drug-likeness (QED) is 0.631. The highest BCUT2D eigenvalue weighted by molar-refractivity contribution is 7.80. The van der Waals surface area contributed by atoms with Gasteiger partial charge in [-0.3, -0.25) is 4.79 Å². The van der Waals surface area contributed by atoms with Crippen molar-refractivity contribution in [3.05, 3.63) is 59.9 Å². The van der Waals surface area contributed by atoms with E-state index in [1.807, 2.05) is 9.80 Å². The molecule has 1 saturated heterocycles. The summed E-state index contributed by atoms with van der Waals surface area (Å²) in [5.74, 6) is 0.706. The van der Waals surface area contributed by atoms with Gasteiger partial charge in [-0.1, -0.05) is 13.8 Å². The molecule has 1 heterocycles. The molecule has 1 amide bonds. The van der Waals surface area contributed by atoms with Gasteiger partial charge in [0.15, 0.2) is 5.11 Å². The maximum absolute atomic E-state index is 13.2. The maximum atomic E-state index is 13.2. The van der Waals surface area contributed by atoms with Crippen molar-refractivity contribution in [3.63, 3.8) is 0 Å². The lowest BCUT2D eigenvalue weighted by Crippen LogP contribution is -2.52. The Morgan fingerprint density at radius 1 is 1.25 bits per heavy atom. The Morgan fingerprint density at radius 3 is 2.56 bits per heavy atom. The molecule has 0 radical (unpaired) electrons. The average molecular weight is 460 g/mol. The first-order valence-corrected chi connectivity index (χ1v) is 11.1. The fraction of sp³-hybridized carbons (Fsp3) is 0.417. The zero-order chi connectivity index (χ0) is 23.1. The molecule has 2 aromatic carbocycles. The minimum atomic E-state index is -0.292. The van der Waals surface area contributed by atoms with Crippen molar-refractivity contribution in [2.45, 2.75) is 20.0 Å². The lowest BCUT2D eigenvalue weighted by atomic mass is 10.1. The largest absolute Gasteiger partial charge is 0.497 e. The summed E-state index contributed by atoms with van der Waals surface area (Å²) in [7, 11) is 1.60. The highest BCUT2D eigenvalue weighted by Gasteiger charge is 2.27. The first-order chi connectivity index (χ1) is 15.4. The smallest absolute Gasteiger partial charge is 0.253 e. The van der Waals surface area contributed by atoms with Gasteiger partial charge < -0.3 is 24.6 Å². The number of amides is 1. The van der Waals surface area contributed by atoms with Crippen molar-refractivity contribution in [3.8, 4) is 5.75 Å². The van der Waals surface area contributed by atoms with Gasteiger partial charge in [0.2, 0.25) is 0 Å². The summed E-state index contributed by atoms with van der Waals surface area (Å²) >= 11 is 5.55. The first-order valence-electron chi connectivity index (χ1n) is 10.7. The van der Waals surface area contributed by atoms with E-state index in [9.17, 15) is 9.18 Å². The molecule has 6 nitrogen and oxygen atoms in total. The monoisotopic (exact) mass is 459 g/mol. The third kappa shape index (κ3) is 6.64. The number of benzene rings is 2. The number of halogens is 1. The van der Waals surface area contributed by atoms with E-state index in [0.717, 1.165) is 5.69 Å². The predicted octanol–water partition coefficient (Wildman–Crippen LogP) is 4.03. The normalized spacial score (nSPS) is 16.0. The molecule has 32 heavy (non-hydrogen) atoms.